The zero-order chi connectivity index (χ0) is 34.0. The molecule has 0 radical (unpaired) electrons. The fraction of sp³-hybridized carbons (Fsp3) is 0.314. The zero-order valence-electron chi connectivity index (χ0n) is 26.6. The van der Waals surface area contributed by atoms with Gasteiger partial charge in [0.25, 0.3) is 0 Å². The summed E-state index contributed by atoms with van der Waals surface area (Å²) >= 11 is 10.7. The first-order valence-corrected chi connectivity index (χ1v) is 16.6. The van der Waals surface area contributed by atoms with Gasteiger partial charge in [0.05, 0.1) is 48.1 Å². The maximum Gasteiger partial charge on any atom is 0.326 e. The van der Waals surface area contributed by atoms with Gasteiger partial charge in [-0.1, -0.05) is 48.0 Å². The lowest BCUT2D eigenvalue weighted by atomic mass is 9.94. The summed E-state index contributed by atoms with van der Waals surface area (Å²) in [6.45, 7) is 2.44. The molecule has 0 saturated carbocycles. The average Bonchev–Trinajstić information content (AvgIpc) is 3.79. The van der Waals surface area contributed by atoms with Crippen molar-refractivity contribution in [2.45, 2.75) is 38.0 Å². The van der Waals surface area contributed by atoms with Crippen LogP contribution >= 0.6 is 27.5 Å². The largest absolute Gasteiger partial charge is 0.481 e. The van der Waals surface area contributed by atoms with Gasteiger partial charge in [-0.25, -0.2) is 4.98 Å². The number of aliphatic carboxylic acids is 1. The molecule has 0 fully saturated rings. The number of nitrogens with zero attached hydrogens (tertiary/aromatic N) is 3. The minimum atomic E-state index is -1.52. The second kappa shape index (κ2) is 14.1. The Hall–Kier alpha value is -4.23. The fourth-order valence-electron chi connectivity index (χ4n) is 5.94. The van der Waals surface area contributed by atoms with E-state index in [1.807, 2.05) is 36.4 Å². The number of pyridine rings is 2. The molecule has 1 aliphatic carbocycles. The molecule has 6 rings (SSSR count). The number of hydrogen-bond acceptors (Lipinski definition) is 10. The second-order valence-electron chi connectivity index (χ2n) is 11.7. The number of carboxylic acids is 1. The van der Waals surface area contributed by atoms with E-state index in [1.165, 1.54) is 14.0 Å². The lowest BCUT2D eigenvalue weighted by Crippen LogP contribution is -2.52. The third kappa shape index (κ3) is 6.45. The molecule has 13 heteroatoms. The van der Waals surface area contributed by atoms with Crippen molar-refractivity contribution in [1.82, 2.24) is 20.6 Å². The summed E-state index contributed by atoms with van der Waals surface area (Å²) in [6, 6.07) is 17.7. The summed E-state index contributed by atoms with van der Waals surface area (Å²) in [5, 5.41) is 25.8. The van der Waals surface area contributed by atoms with Crippen molar-refractivity contribution in [3.63, 3.8) is 0 Å². The molecule has 11 nitrogen and oxygen atoms in total. The van der Waals surface area contributed by atoms with E-state index in [-0.39, 0.29) is 18.5 Å². The molecule has 2 aromatic carbocycles. The van der Waals surface area contributed by atoms with Crippen molar-refractivity contribution in [3.8, 4) is 40.0 Å². The topological polar surface area (TPSA) is 147 Å². The Labute approximate surface area is 291 Å². The van der Waals surface area contributed by atoms with Gasteiger partial charge in [-0.15, -0.1) is 0 Å². The predicted molar refractivity (Wildman–Crippen MR) is 186 cm³/mol. The van der Waals surface area contributed by atoms with Crippen LogP contribution in [0.5, 0.6) is 17.6 Å². The number of carbonyl (C=O) groups is 1. The fourth-order valence-corrected chi connectivity index (χ4v) is 6.72. The number of ether oxygens (including phenoxy) is 3. The molecule has 0 spiro atoms. The number of carboxylic acid groups (broad SMARTS) is 1. The van der Waals surface area contributed by atoms with E-state index in [1.54, 1.807) is 13.2 Å². The van der Waals surface area contributed by atoms with E-state index in [2.05, 4.69) is 48.7 Å². The summed E-state index contributed by atoms with van der Waals surface area (Å²) in [5.41, 5.74) is 5.50. The minimum absolute atomic E-state index is 0.104. The van der Waals surface area contributed by atoms with E-state index >= 15 is 0 Å². The molecule has 4 N–H and O–H groups in total. The number of fused-ring (bicyclic) bond motifs is 1. The van der Waals surface area contributed by atoms with E-state index in [0.29, 0.717) is 32.5 Å². The molecule has 0 amide bonds. The smallest absolute Gasteiger partial charge is 0.326 e. The van der Waals surface area contributed by atoms with Crippen LogP contribution in [0.4, 0.5) is 0 Å². The highest BCUT2D eigenvalue weighted by Crippen LogP contribution is 2.44. The van der Waals surface area contributed by atoms with Gasteiger partial charge in [-0.2, -0.15) is 4.98 Å². The summed E-state index contributed by atoms with van der Waals surface area (Å²) in [4.78, 5) is 25.5. The van der Waals surface area contributed by atoms with Gasteiger partial charge < -0.3 is 29.7 Å². The SMILES string of the molecule is COc1nc(O[C@H]2CCc3c(-c4cccc(-c5ccc(C6=NCCN6)c(OC)n5)c4Cl)cccc32)c(Br)cc1CNC(C)(CO)C(=O)O. The van der Waals surface area contributed by atoms with E-state index in [9.17, 15) is 15.0 Å². The first kappa shape index (κ1) is 33.7. The molecule has 1 unspecified atom stereocenters. The first-order valence-electron chi connectivity index (χ1n) is 15.4. The molecule has 0 saturated heterocycles. The van der Waals surface area contributed by atoms with Crippen LogP contribution < -0.4 is 24.8 Å². The first-order chi connectivity index (χ1) is 23.2. The van der Waals surface area contributed by atoms with Gasteiger partial charge >= 0.3 is 5.97 Å². The van der Waals surface area contributed by atoms with Gasteiger partial charge in [-0.05, 0) is 70.6 Å². The highest BCUT2D eigenvalue weighted by atomic mass is 79.9. The standard InChI is InChI=1S/C35H35BrClN5O6/c1-35(18-43,34(44)45)40-17-19-16-26(36)33(42-31(19)46-2)48-28-13-11-21-20(6-4-7-22(21)28)23-8-5-9-24(29(23)37)27-12-10-25(32(41-27)47-3)30-38-14-15-39-30/h4-10,12,16,28,40,43H,11,13-15,17-18H2,1-3H3,(H,38,39)(H,44,45)/t28-,35?/m0/s1. The monoisotopic (exact) mass is 735 g/mol. The van der Waals surface area contributed by atoms with Crippen LogP contribution in [0.25, 0.3) is 22.4 Å². The Bertz CT molecular complexity index is 1910. The number of aliphatic imine (C=N–C) groups is 1. The molecule has 2 aromatic heterocycles. The van der Waals surface area contributed by atoms with Crippen molar-refractivity contribution < 1.29 is 29.2 Å². The van der Waals surface area contributed by atoms with Gasteiger partial charge in [0.1, 0.15) is 17.5 Å². The van der Waals surface area contributed by atoms with Crippen LogP contribution in [0, 0.1) is 0 Å². The Balaban J connectivity index is 1.27. The van der Waals surface area contributed by atoms with Crippen LogP contribution in [-0.2, 0) is 17.8 Å². The summed E-state index contributed by atoms with van der Waals surface area (Å²) in [7, 11) is 3.09. The number of aliphatic hydroxyl groups excluding tert-OH is 1. The molecule has 0 bridgehead atoms. The lowest BCUT2D eigenvalue weighted by molar-refractivity contribution is -0.145. The third-order valence-corrected chi connectivity index (χ3v) is 9.63. The molecule has 2 aliphatic rings. The van der Waals surface area contributed by atoms with Crippen LogP contribution in [0.2, 0.25) is 5.02 Å². The van der Waals surface area contributed by atoms with Crippen LogP contribution in [0.15, 0.2) is 64.1 Å². The number of nitrogens with one attached hydrogen (secondary N) is 2. The number of halogens is 2. The number of hydrogen-bond donors (Lipinski definition) is 4. The highest BCUT2D eigenvalue weighted by Gasteiger charge is 2.33. The average molecular weight is 737 g/mol. The molecule has 4 aromatic rings. The Morgan fingerprint density at radius 3 is 2.50 bits per heavy atom. The number of methoxy groups -OCH3 is 2. The van der Waals surface area contributed by atoms with E-state index in [0.717, 1.165) is 65.1 Å². The predicted octanol–water partition coefficient (Wildman–Crippen LogP) is 5.59. The normalized spacial score (nSPS) is 16.5. The summed E-state index contributed by atoms with van der Waals surface area (Å²) in [5.74, 6) is 0.726. The number of aliphatic hydroxyl groups is 1. The molecule has 1 aliphatic heterocycles. The van der Waals surface area contributed by atoms with Crippen molar-refractivity contribution in [2.24, 2.45) is 4.99 Å². The second-order valence-corrected chi connectivity index (χ2v) is 12.9. The summed E-state index contributed by atoms with van der Waals surface area (Å²) in [6.07, 6.45) is 1.24. The van der Waals surface area contributed by atoms with Crippen molar-refractivity contribution in [3.05, 3.63) is 86.3 Å². The van der Waals surface area contributed by atoms with Gasteiger partial charge in [0.15, 0.2) is 0 Å². The number of aromatic nitrogens is 2. The Morgan fingerprint density at radius 1 is 1.04 bits per heavy atom. The van der Waals surface area contributed by atoms with Gasteiger partial charge in [0.2, 0.25) is 17.6 Å². The van der Waals surface area contributed by atoms with Crippen molar-refractivity contribution in [1.29, 1.82) is 0 Å². The van der Waals surface area contributed by atoms with Crippen LogP contribution in [-0.4, -0.2) is 71.4 Å². The molecule has 48 heavy (non-hydrogen) atoms. The third-order valence-electron chi connectivity index (χ3n) is 8.65. The number of rotatable bonds is 12. The van der Waals surface area contributed by atoms with Crippen molar-refractivity contribution >= 4 is 39.3 Å². The Kier molecular flexibility index (Phi) is 9.88. The number of benzene rings is 2. The van der Waals surface area contributed by atoms with E-state index in [4.69, 9.17) is 30.8 Å². The summed E-state index contributed by atoms with van der Waals surface area (Å²) < 4.78 is 18.2. The Morgan fingerprint density at radius 2 is 1.79 bits per heavy atom. The van der Waals surface area contributed by atoms with Crippen LogP contribution in [0.3, 0.4) is 0 Å². The maximum absolute atomic E-state index is 11.6. The lowest BCUT2D eigenvalue weighted by Gasteiger charge is -2.24. The van der Waals surface area contributed by atoms with Gasteiger partial charge in [0, 0.05) is 29.8 Å². The van der Waals surface area contributed by atoms with Crippen LogP contribution in [0.1, 0.15) is 41.7 Å². The molecule has 250 valence electrons. The molecular weight excluding hydrogens is 702 g/mol. The zero-order valence-corrected chi connectivity index (χ0v) is 29.0. The van der Waals surface area contributed by atoms with E-state index < -0.39 is 18.1 Å². The van der Waals surface area contributed by atoms with Crippen molar-refractivity contribution in [2.75, 3.05) is 33.9 Å². The number of amidine groups is 1. The maximum atomic E-state index is 11.6. The minimum Gasteiger partial charge on any atom is -0.481 e. The molecule has 2 atom stereocenters. The molecule has 3 heterocycles. The highest BCUT2D eigenvalue weighted by molar-refractivity contribution is 9.10. The molecular formula is C35H35BrClN5O6. The quantitative estimate of drug-likeness (QED) is 0.145. The van der Waals surface area contributed by atoms with Gasteiger partial charge in [-0.3, -0.25) is 15.1 Å².